The van der Waals surface area contributed by atoms with Crippen LogP contribution in [-0.4, -0.2) is 28.0 Å². The predicted octanol–water partition coefficient (Wildman–Crippen LogP) is 0.0342. The van der Waals surface area contributed by atoms with E-state index in [1.807, 2.05) is 0 Å². The molecule has 0 fully saturated rings. The summed E-state index contributed by atoms with van der Waals surface area (Å²) in [5.41, 5.74) is 0. The lowest BCUT2D eigenvalue weighted by Gasteiger charge is -2.10. The number of nitroso groups, excluding NO2 is 2. The summed E-state index contributed by atoms with van der Waals surface area (Å²) < 4.78 is 0. The molecule has 0 heterocycles. The molecule has 0 amide bonds. The van der Waals surface area contributed by atoms with E-state index in [2.05, 4.69) is 23.2 Å². The maximum Gasteiger partial charge on any atom is 0.331 e. The second-order valence-electron chi connectivity index (χ2n) is 1.52. The minimum absolute atomic E-state index is 0.00926. The number of carboxylic acid groups (broad SMARTS) is 1. The second kappa shape index (κ2) is 4.61. The lowest BCUT2D eigenvalue weighted by molar-refractivity contribution is -0.142. The molecule has 0 radical (unpaired) electrons. The number of carboxylic acids is 1. The first-order chi connectivity index (χ1) is 5.17. The van der Waals surface area contributed by atoms with Gasteiger partial charge in [-0.3, -0.25) is 0 Å². The number of rotatable bonds is 5. The van der Waals surface area contributed by atoms with Crippen molar-refractivity contribution in [3.8, 4) is 0 Å². The zero-order valence-corrected chi connectivity index (χ0v) is 6.14. The minimum atomic E-state index is -1.40. The number of carbonyl (C=O) groups is 1. The van der Waals surface area contributed by atoms with Crippen LogP contribution in [0.3, 0.4) is 0 Å². The molecule has 0 unspecified atom stereocenters. The van der Waals surface area contributed by atoms with Gasteiger partial charge >= 0.3 is 5.97 Å². The Morgan fingerprint density at radius 2 is 2.00 bits per heavy atom. The van der Waals surface area contributed by atoms with E-state index in [0.717, 1.165) is 0 Å². The summed E-state index contributed by atoms with van der Waals surface area (Å²) >= 11 is 3.58. The van der Waals surface area contributed by atoms with Gasteiger partial charge in [0.1, 0.15) is 0 Å². The van der Waals surface area contributed by atoms with Gasteiger partial charge < -0.3 is 5.11 Å². The van der Waals surface area contributed by atoms with E-state index in [1.54, 1.807) is 0 Å². The average Bonchev–Trinajstić information content (AvgIpc) is 1.99. The van der Waals surface area contributed by atoms with Crippen molar-refractivity contribution in [2.45, 2.75) is 6.04 Å². The van der Waals surface area contributed by atoms with Crippen molar-refractivity contribution in [3.63, 3.8) is 0 Å². The summed E-state index contributed by atoms with van der Waals surface area (Å²) in [5, 5.41) is 12.5. The zero-order valence-electron chi connectivity index (χ0n) is 5.25. The fourth-order valence-corrected chi connectivity index (χ4v) is 0.681. The quantitative estimate of drug-likeness (QED) is 0.352. The first-order valence-electron chi connectivity index (χ1n) is 2.46. The van der Waals surface area contributed by atoms with Crippen molar-refractivity contribution in [3.05, 3.63) is 9.81 Å². The smallest absolute Gasteiger partial charge is 0.331 e. The molecule has 7 nitrogen and oxygen atoms in total. The lowest BCUT2D eigenvalue weighted by Crippen LogP contribution is -2.35. The van der Waals surface area contributed by atoms with Crippen molar-refractivity contribution < 1.29 is 9.90 Å². The van der Waals surface area contributed by atoms with Crippen LogP contribution in [0.5, 0.6) is 0 Å². The predicted molar refractivity (Wildman–Crippen MR) is 38.7 cm³/mol. The monoisotopic (exact) mass is 179 g/mol. The van der Waals surface area contributed by atoms with Crippen molar-refractivity contribution in [1.82, 2.24) is 5.12 Å². The number of hydrogen-bond acceptors (Lipinski definition) is 6. The van der Waals surface area contributed by atoms with Gasteiger partial charge in [-0.1, -0.05) is 5.12 Å². The number of aliphatic carboxylic acids is 1. The molecular weight excluding hydrogens is 174 g/mol. The Morgan fingerprint density at radius 3 is 2.09 bits per heavy atom. The van der Waals surface area contributed by atoms with E-state index in [9.17, 15) is 14.6 Å². The highest BCUT2D eigenvalue weighted by Crippen LogP contribution is 2.02. The van der Waals surface area contributed by atoms with Gasteiger partial charge in [0.15, 0.2) is 6.04 Å². The van der Waals surface area contributed by atoms with Crippen molar-refractivity contribution in [2.75, 3.05) is 5.75 Å². The van der Waals surface area contributed by atoms with Gasteiger partial charge in [-0.25, -0.2) is 4.79 Å². The molecule has 0 spiro atoms. The molecule has 0 aliphatic heterocycles. The van der Waals surface area contributed by atoms with Crippen LogP contribution in [0.2, 0.25) is 0 Å². The highest BCUT2D eigenvalue weighted by atomic mass is 32.1. The topological polar surface area (TPSA) is 99.4 Å². The molecule has 0 aliphatic carbocycles. The van der Waals surface area contributed by atoms with Crippen LogP contribution in [0.15, 0.2) is 10.6 Å². The molecule has 0 aromatic carbocycles. The standard InChI is InChI=1S/C3H5N3O4S/c7-3(8)2(1-11)6(4-9)5-10/h2,11H,1H2,(H,7,8)/t2-/m0/s1. The Hall–Kier alpha value is -1.18. The third-order valence-corrected chi connectivity index (χ3v) is 1.25. The highest BCUT2D eigenvalue weighted by Gasteiger charge is 2.25. The molecule has 0 bridgehead atoms. The van der Waals surface area contributed by atoms with Crippen LogP contribution in [0.4, 0.5) is 0 Å². The van der Waals surface area contributed by atoms with Crippen LogP contribution >= 0.6 is 12.6 Å². The fourth-order valence-electron chi connectivity index (χ4n) is 0.379. The normalized spacial score (nSPS) is 11.7. The van der Waals surface area contributed by atoms with Crippen LogP contribution in [0.25, 0.3) is 0 Å². The average molecular weight is 179 g/mol. The molecular formula is C3H5N3O4S. The Bertz CT molecular complexity index is 166. The molecule has 0 rings (SSSR count). The number of nitrogens with zero attached hydrogens (tertiary/aromatic N) is 3. The third kappa shape index (κ3) is 2.50. The first-order valence-corrected chi connectivity index (χ1v) is 3.10. The summed E-state index contributed by atoms with van der Waals surface area (Å²) in [6, 6.07) is -1.40. The van der Waals surface area contributed by atoms with Crippen molar-refractivity contribution in [2.24, 2.45) is 10.6 Å². The summed E-state index contributed by atoms with van der Waals surface area (Å²) in [7, 11) is 0. The van der Waals surface area contributed by atoms with E-state index < -0.39 is 12.0 Å². The number of thiol groups is 1. The van der Waals surface area contributed by atoms with Crippen LogP contribution in [0, 0.1) is 9.81 Å². The van der Waals surface area contributed by atoms with Gasteiger partial charge in [-0.15, -0.1) is 9.81 Å². The molecule has 62 valence electrons. The lowest BCUT2D eigenvalue weighted by atomic mass is 10.4. The molecule has 0 aliphatic rings. The van der Waals surface area contributed by atoms with Gasteiger partial charge in [0.2, 0.25) is 0 Å². The fraction of sp³-hybridized carbons (Fsp3) is 0.667. The van der Waals surface area contributed by atoms with Gasteiger partial charge in [-0.2, -0.15) is 12.6 Å². The van der Waals surface area contributed by atoms with E-state index >= 15 is 0 Å². The molecule has 1 N–H and O–H groups in total. The highest BCUT2D eigenvalue weighted by molar-refractivity contribution is 7.80. The zero-order chi connectivity index (χ0) is 8.85. The maximum atomic E-state index is 10.2. The molecule has 0 saturated carbocycles. The third-order valence-electron chi connectivity index (χ3n) is 0.904. The largest absolute Gasteiger partial charge is 0.480 e. The van der Waals surface area contributed by atoms with Crippen LogP contribution in [-0.2, 0) is 4.79 Å². The summed E-state index contributed by atoms with van der Waals surface area (Å²) in [4.78, 5) is 29.7. The van der Waals surface area contributed by atoms with Gasteiger partial charge in [0.25, 0.3) is 0 Å². The maximum absolute atomic E-state index is 10.2. The second-order valence-corrected chi connectivity index (χ2v) is 1.89. The molecule has 0 aromatic heterocycles. The van der Waals surface area contributed by atoms with Gasteiger partial charge in [-0.05, 0) is 0 Å². The van der Waals surface area contributed by atoms with Gasteiger partial charge in [0.05, 0.1) is 10.6 Å². The molecule has 0 saturated heterocycles. The number of hydrogen-bond donors (Lipinski definition) is 2. The Labute approximate surface area is 66.7 Å². The van der Waals surface area contributed by atoms with E-state index in [-0.39, 0.29) is 10.9 Å². The first kappa shape index (κ1) is 9.82. The molecule has 8 heteroatoms. The van der Waals surface area contributed by atoms with E-state index in [0.29, 0.717) is 0 Å². The Morgan fingerprint density at radius 1 is 1.55 bits per heavy atom. The van der Waals surface area contributed by atoms with E-state index in [1.165, 1.54) is 0 Å². The van der Waals surface area contributed by atoms with Crippen molar-refractivity contribution in [1.29, 1.82) is 0 Å². The summed E-state index contributed by atoms with van der Waals surface area (Å²) in [6.07, 6.45) is 0. The van der Waals surface area contributed by atoms with Gasteiger partial charge in [0, 0.05) is 5.75 Å². The molecule has 11 heavy (non-hydrogen) atoms. The SMILES string of the molecule is O=NN(N=O)[C@@H](CS)C(=O)O. The summed E-state index contributed by atoms with van der Waals surface area (Å²) in [5.74, 6) is -1.59. The Kier molecular flexibility index (Phi) is 4.11. The molecule has 0 aromatic rings. The van der Waals surface area contributed by atoms with Crippen molar-refractivity contribution >= 4 is 18.6 Å². The van der Waals surface area contributed by atoms with E-state index in [4.69, 9.17) is 5.11 Å². The Balaban J connectivity index is 4.32. The van der Waals surface area contributed by atoms with Crippen LogP contribution < -0.4 is 0 Å². The summed E-state index contributed by atoms with van der Waals surface area (Å²) in [6.45, 7) is 0. The molecule has 1 atom stereocenters. The van der Waals surface area contributed by atoms with Crippen LogP contribution in [0.1, 0.15) is 0 Å². The minimum Gasteiger partial charge on any atom is -0.480 e.